The Kier molecular flexibility index (Phi) is 4.52. The third-order valence-electron chi connectivity index (χ3n) is 5.46. The lowest BCUT2D eigenvalue weighted by Crippen LogP contribution is -2.38. The number of benzene rings is 1. The molecule has 1 fully saturated rings. The molecule has 0 bridgehead atoms. The van der Waals surface area contributed by atoms with Gasteiger partial charge in [-0.3, -0.25) is 0 Å². The van der Waals surface area contributed by atoms with Gasteiger partial charge in [0.15, 0.2) is 5.82 Å². The molecule has 0 atom stereocenters. The molecule has 156 valence electrons. The van der Waals surface area contributed by atoms with Gasteiger partial charge in [-0.15, -0.1) is 0 Å². The first-order chi connectivity index (χ1) is 14.5. The van der Waals surface area contributed by atoms with E-state index in [1.165, 1.54) is 10.8 Å². The third kappa shape index (κ3) is 3.55. The van der Waals surface area contributed by atoms with E-state index in [1.807, 2.05) is 18.3 Å². The van der Waals surface area contributed by atoms with Gasteiger partial charge in [0.1, 0.15) is 23.9 Å². The van der Waals surface area contributed by atoms with Gasteiger partial charge in [0.2, 0.25) is 0 Å². The molecule has 1 aliphatic heterocycles. The van der Waals surface area contributed by atoms with Gasteiger partial charge < -0.3 is 14.2 Å². The molecule has 30 heavy (non-hydrogen) atoms. The van der Waals surface area contributed by atoms with Crippen molar-refractivity contribution in [3.8, 4) is 5.75 Å². The number of anilines is 1. The van der Waals surface area contributed by atoms with Crippen LogP contribution in [0.4, 0.5) is 19.0 Å². The summed E-state index contributed by atoms with van der Waals surface area (Å²) in [6.45, 7) is 0.562. The highest BCUT2D eigenvalue weighted by molar-refractivity contribution is 5.86. The highest BCUT2D eigenvalue weighted by atomic mass is 19.4. The monoisotopic (exact) mass is 415 g/mol. The summed E-state index contributed by atoms with van der Waals surface area (Å²) < 4.78 is 47.6. The number of fused-ring (bicyclic) bond motifs is 2. The summed E-state index contributed by atoms with van der Waals surface area (Å²) >= 11 is 0. The fourth-order valence-corrected chi connectivity index (χ4v) is 4.08. The Morgan fingerprint density at radius 3 is 2.63 bits per heavy atom. The molecule has 6 nitrogen and oxygen atoms in total. The number of hydrogen-bond acceptors (Lipinski definition) is 4. The average Bonchev–Trinajstić information content (AvgIpc) is 3.35. The van der Waals surface area contributed by atoms with Crippen LogP contribution in [-0.4, -0.2) is 44.5 Å². The Morgan fingerprint density at radius 1 is 1.00 bits per heavy atom. The van der Waals surface area contributed by atoms with Crippen LogP contribution in [0.1, 0.15) is 12.8 Å². The van der Waals surface area contributed by atoms with Crippen LogP contribution in [0.5, 0.6) is 5.75 Å². The topological polar surface area (TPSA) is 47.6 Å². The van der Waals surface area contributed by atoms with Crippen molar-refractivity contribution in [3.63, 3.8) is 0 Å². The number of piperidine rings is 1. The van der Waals surface area contributed by atoms with Crippen LogP contribution in [-0.2, 0) is 6.54 Å². The zero-order valence-corrected chi connectivity index (χ0v) is 16.1. The van der Waals surface area contributed by atoms with Gasteiger partial charge in [0, 0.05) is 49.9 Å². The standard InChI is InChI=1S/C21H20F3N5O/c22-21(23,24)14-28-12-7-16-17(28)2-1-3-19(16)30-15-5-10-27(11-6-15)20-18-4-8-26-29(18)13-9-25-20/h1-4,7-9,12-13,15H,5-6,10-11,14H2. The lowest BCUT2D eigenvalue weighted by Gasteiger charge is -2.33. The van der Waals surface area contributed by atoms with Crippen LogP contribution in [0.25, 0.3) is 16.4 Å². The molecule has 0 amide bonds. The molecular formula is C21H20F3N5O. The minimum Gasteiger partial charge on any atom is -0.490 e. The predicted molar refractivity (Wildman–Crippen MR) is 107 cm³/mol. The van der Waals surface area contributed by atoms with Crippen molar-refractivity contribution in [1.82, 2.24) is 19.2 Å². The fourth-order valence-electron chi connectivity index (χ4n) is 4.08. The van der Waals surface area contributed by atoms with E-state index >= 15 is 0 Å². The van der Waals surface area contributed by atoms with Crippen molar-refractivity contribution in [1.29, 1.82) is 0 Å². The van der Waals surface area contributed by atoms with Gasteiger partial charge in [-0.1, -0.05) is 6.07 Å². The van der Waals surface area contributed by atoms with Gasteiger partial charge in [-0.25, -0.2) is 9.50 Å². The van der Waals surface area contributed by atoms with Gasteiger partial charge in [0.05, 0.1) is 11.7 Å². The molecular weight excluding hydrogens is 395 g/mol. The Hall–Kier alpha value is -3.23. The van der Waals surface area contributed by atoms with Gasteiger partial charge >= 0.3 is 6.18 Å². The number of hydrogen-bond donors (Lipinski definition) is 0. The molecule has 4 aromatic rings. The molecule has 0 radical (unpaired) electrons. The molecule has 4 heterocycles. The number of alkyl halides is 3. The van der Waals surface area contributed by atoms with Gasteiger partial charge in [-0.05, 0) is 24.3 Å². The second-order valence-corrected chi connectivity index (χ2v) is 7.46. The Morgan fingerprint density at radius 2 is 1.83 bits per heavy atom. The van der Waals surface area contributed by atoms with Crippen LogP contribution in [0.3, 0.4) is 0 Å². The zero-order valence-electron chi connectivity index (χ0n) is 16.1. The number of rotatable bonds is 4. The van der Waals surface area contributed by atoms with Crippen LogP contribution >= 0.6 is 0 Å². The van der Waals surface area contributed by atoms with E-state index in [0.717, 1.165) is 37.3 Å². The maximum atomic E-state index is 12.8. The summed E-state index contributed by atoms with van der Waals surface area (Å²) in [5, 5.41) is 4.95. The summed E-state index contributed by atoms with van der Waals surface area (Å²) in [6.07, 6.45) is 4.12. The third-order valence-corrected chi connectivity index (χ3v) is 5.46. The first-order valence-corrected chi connectivity index (χ1v) is 9.82. The van der Waals surface area contributed by atoms with Crippen LogP contribution in [0, 0.1) is 0 Å². The van der Waals surface area contributed by atoms with E-state index in [-0.39, 0.29) is 6.10 Å². The number of halogens is 3. The highest BCUT2D eigenvalue weighted by Crippen LogP contribution is 2.31. The molecule has 0 unspecified atom stereocenters. The second kappa shape index (κ2) is 7.23. The summed E-state index contributed by atoms with van der Waals surface area (Å²) in [4.78, 5) is 6.73. The minimum atomic E-state index is -4.26. The molecule has 5 rings (SSSR count). The number of aromatic nitrogens is 4. The Labute approximate surface area is 170 Å². The molecule has 9 heteroatoms. The second-order valence-electron chi connectivity index (χ2n) is 7.46. The van der Waals surface area contributed by atoms with E-state index < -0.39 is 12.7 Å². The van der Waals surface area contributed by atoms with Crippen molar-refractivity contribution in [2.45, 2.75) is 31.7 Å². The summed E-state index contributed by atoms with van der Waals surface area (Å²) in [7, 11) is 0. The lowest BCUT2D eigenvalue weighted by atomic mass is 10.1. The molecule has 1 aliphatic rings. The lowest BCUT2D eigenvalue weighted by molar-refractivity contribution is -0.139. The normalized spacial score (nSPS) is 15.9. The zero-order chi connectivity index (χ0) is 20.7. The molecule has 0 aliphatic carbocycles. The molecule has 0 saturated carbocycles. The van der Waals surface area contributed by atoms with E-state index in [4.69, 9.17) is 4.74 Å². The van der Waals surface area contributed by atoms with E-state index in [0.29, 0.717) is 16.7 Å². The van der Waals surface area contributed by atoms with E-state index in [2.05, 4.69) is 15.0 Å². The smallest absolute Gasteiger partial charge is 0.406 e. The van der Waals surface area contributed by atoms with Crippen molar-refractivity contribution in [3.05, 3.63) is 55.1 Å². The Balaban J connectivity index is 1.30. The highest BCUT2D eigenvalue weighted by Gasteiger charge is 2.29. The van der Waals surface area contributed by atoms with Gasteiger partial charge in [-0.2, -0.15) is 18.3 Å². The largest absolute Gasteiger partial charge is 0.490 e. The first-order valence-electron chi connectivity index (χ1n) is 9.82. The SMILES string of the molecule is FC(F)(F)Cn1ccc2c(OC3CCN(c4nccn5nccc45)CC3)cccc21. The Bertz CT molecular complexity index is 1170. The first kappa shape index (κ1) is 18.8. The van der Waals surface area contributed by atoms with Crippen LogP contribution < -0.4 is 9.64 Å². The van der Waals surface area contributed by atoms with E-state index in [1.54, 1.807) is 35.1 Å². The average molecular weight is 415 g/mol. The fraction of sp³-hybridized carbons (Fsp3) is 0.333. The van der Waals surface area contributed by atoms with Crippen molar-refractivity contribution in [2.75, 3.05) is 18.0 Å². The maximum absolute atomic E-state index is 12.8. The molecule has 0 N–H and O–H groups in total. The molecule has 1 aromatic carbocycles. The maximum Gasteiger partial charge on any atom is 0.406 e. The molecule has 3 aromatic heterocycles. The number of nitrogens with zero attached hydrogens (tertiary/aromatic N) is 5. The predicted octanol–water partition coefficient (Wildman–Crippen LogP) is 4.29. The minimum absolute atomic E-state index is 0.00228. The van der Waals surface area contributed by atoms with Crippen LogP contribution in [0.2, 0.25) is 0 Å². The van der Waals surface area contributed by atoms with Gasteiger partial charge in [0.25, 0.3) is 0 Å². The molecule has 1 saturated heterocycles. The van der Waals surface area contributed by atoms with E-state index in [9.17, 15) is 13.2 Å². The quantitative estimate of drug-likeness (QED) is 0.499. The van der Waals surface area contributed by atoms with Crippen molar-refractivity contribution in [2.24, 2.45) is 0 Å². The summed E-state index contributed by atoms with van der Waals surface area (Å²) in [5.74, 6) is 1.53. The van der Waals surface area contributed by atoms with Crippen molar-refractivity contribution >= 4 is 22.2 Å². The summed E-state index contributed by atoms with van der Waals surface area (Å²) in [5.41, 5.74) is 1.49. The summed E-state index contributed by atoms with van der Waals surface area (Å²) in [6, 6.07) is 8.88. The van der Waals surface area contributed by atoms with Crippen molar-refractivity contribution < 1.29 is 17.9 Å². The van der Waals surface area contributed by atoms with Crippen LogP contribution in [0.15, 0.2) is 55.1 Å². The molecule has 0 spiro atoms. The number of ether oxygens (including phenoxy) is 1.